The number of halogens is 2. The maximum absolute atomic E-state index is 14.1. The fourth-order valence-corrected chi connectivity index (χ4v) is 3.16. The molecule has 0 saturated heterocycles. The normalized spacial score (nSPS) is 11.7. The van der Waals surface area contributed by atoms with Gasteiger partial charge in [0.15, 0.2) is 0 Å². The highest BCUT2D eigenvalue weighted by Gasteiger charge is 2.28. The van der Waals surface area contributed by atoms with Gasteiger partial charge in [-0.3, -0.25) is 9.59 Å². The summed E-state index contributed by atoms with van der Waals surface area (Å²) in [7, 11) is 1.53. The van der Waals surface area contributed by atoms with E-state index in [2.05, 4.69) is 5.32 Å². The smallest absolute Gasteiger partial charge is 0.242 e. The summed E-state index contributed by atoms with van der Waals surface area (Å²) in [4.78, 5) is 26.8. The van der Waals surface area contributed by atoms with Crippen LogP contribution >= 0.6 is 11.6 Å². The average molecular weight is 391 g/mol. The van der Waals surface area contributed by atoms with Crippen molar-refractivity contribution in [3.8, 4) is 0 Å². The highest BCUT2D eigenvalue weighted by atomic mass is 35.5. The van der Waals surface area contributed by atoms with Gasteiger partial charge in [-0.25, -0.2) is 4.39 Å². The third-order valence-corrected chi connectivity index (χ3v) is 4.85. The molecule has 0 aromatic heterocycles. The van der Waals surface area contributed by atoms with E-state index >= 15 is 0 Å². The molecular formula is C21H24ClFN2O2. The van der Waals surface area contributed by atoms with Crippen LogP contribution < -0.4 is 5.32 Å². The molecule has 1 unspecified atom stereocenters. The van der Waals surface area contributed by atoms with Crippen molar-refractivity contribution in [2.45, 2.75) is 39.3 Å². The van der Waals surface area contributed by atoms with Gasteiger partial charge in [-0.1, -0.05) is 54.4 Å². The molecule has 0 aliphatic carbocycles. The molecule has 0 radical (unpaired) electrons. The van der Waals surface area contributed by atoms with E-state index in [0.29, 0.717) is 6.42 Å². The van der Waals surface area contributed by atoms with Gasteiger partial charge in [0, 0.05) is 24.2 Å². The molecule has 0 aliphatic heterocycles. The highest BCUT2D eigenvalue weighted by molar-refractivity contribution is 6.31. The Hall–Kier alpha value is -2.40. The number of carbonyl (C=O) groups is 2. The molecular weight excluding hydrogens is 367 g/mol. The van der Waals surface area contributed by atoms with Crippen molar-refractivity contribution in [2.75, 3.05) is 7.05 Å². The van der Waals surface area contributed by atoms with Gasteiger partial charge in [0.1, 0.15) is 11.9 Å². The van der Waals surface area contributed by atoms with E-state index in [4.69, 9.17) is 11.6 Å². The van der Waals surface area contributed by atoms with E-state index in [0.717, 1.165) is 11.1 Å². The molecule has 0 spiro atoms. The Labute approximate surface area is 164 Å². The molecule has 27 heavy (non-hydrogen) atoms. The third kappa shape index (κ3) is 5.30. The summed E-state index contributed by atoms with van der Waals surface area (Å²) < 4.78 is 14.1. The van der Waals surface area contributed by atoms with Gasteiger partial charge in [0.05, 0.1) is 6.42 Å². The summed E-state index contributed by atoms with van der Waals surface area (Å²) in [6, 6.07) is 11.4. The summed E-state index contributed by atoms with van der Waals surface area (Å²) in [5, 5.41) is 2.80. The van der Waals surface area contributed by atoms with Crippen LogP contribution in [0.25, 0.3) is 0 Å². The van der Waals surface area contributed by atoms with Crippen molar-refractivity contribution in [3.05, 3.63) is 70.0 Å². The minimum Gasteiger partial charge on any atom is -0.357 e. The first-order chi connectivity index (χ1) is 12.9. The highest BCUT2D eigenvalue weighted by Crippen LogP contribution is 2.22. The van der Waals surface area contributed by atoms with Crippen LogP contribution in [0.5, 0.6) is 0 Å². The lowest BCUT2D eigenvalue weighted by Crippen LogP contribution is -2.48. The quantitative estimate of drug-likeness (QED) is 0.779. The number of hydrogen-bond donors (Lipinski definition) is 1. The first-order valence-electron chi connectivity index (χ1n) is 8.86. The van der Waals surface area contributed by atoms with Gasteiger partial charge in [0.2, 0.25) is 11.8 Å². The fraction of sp³-hybridized carbons (Fsp3) is 0.333. The fourth-order valence-electron chi connectivity index (χ4n) is 2.93. The van der Waals surface area contributed by atoms with E-state index < -0.39 is 11.9 Å². The predicted molar refractivity (Wildman–Crippen MR) is 105 cm³/mol. The number of carbonyl (C=O) groups excluding carboxylic acids is 2. The van der Waals surface area contributed by atoms with Crippen molar-refractivity contribution in [1.82, 2.24) is 10.2 Å². The van der Waals surface area contributed by atoms with Gasteiger partial charge in [-0.15, -0.1) is 0 Å². The second kappa shape index (κ2) is 9.51. The minimum absolute atomic E-state index is 0.143. The van der Waals surface area contributed by atoms with Crippen LogP contribution in [0.2, 0.25) is 5.02 Å². The Morgan fingerprint density at radius 2 is 1.85 bits per heavy atom. The van der Waals surface area contributed by atoms with Crippen molar-refractivity contribution in [1.29, 1.82) is 0 Å². The molecule has 1 N–H and O–H groups in total. The summed E-state index contributed by atoms with van der Waals surface area (Å²) >= 11 is 6.07. The molecule has 2 aromatic rings. The standard InChI is InChI=1S/C21H24ClFN2O2/c1-4-19(21(27)24-3)25(13-15-10-8-14(2)9-11-15)20(26)12-16-17(22)6-5-7-18(16)23/h5-11,19H,4,12-13H2,1-3H3,(H,24,27). The predicted octanol–water partition coefficient (Wildman–Crippen LogP) is 3.88. The number of amides is 2. The first-order valence-corrected chi connectivity index (χ1v) is 9.24. The lowest BCUT2D eigenvalue weighted by molar-refractivity contribution is -0.140. The zero-order chi connectivity index (χ0) is 20.0. The summed E-state index contributed by atoms with van der Waals surface area (Å²) in [5.41, 5.74) is 2.15. The van der Waals surface area contributed by atoms with Crippen molar-refractivity contribution < 1.29 is 14.0 Å². The van der Waals surface area contributed by atoms with Gasteiger partial charge < -0.3 is 10.2 Å². The molecule has 0 bridgehead atoms. The number of benzene rings is 2. The van der Waals surface area contributed by atoms with E-state index in [1.807, 2.05) is 38.1 Å². The van der Waals surface area contributed by atoms with Crippen LogP contribution in [0.1, 0.15) is 30.0 Å². The van der Waals surface area contributed by atoms with Gasteiger partial charge in [-0.05, 0) is 31.0 Å². The van der Waals surface area contributed by atoms with Gasteiger partial charge in [0.25, 0.3) is 0 Å². The van der Waals surface area contributed by atoms with E-state index in [1.54, 1.807) is 6.07 Å². The molecule has 0 aliphatic rings. The molecule has 1 atom stereocenters. The molecule has 0 saturated carbocycles. The first kappa shape index (κ1) is 20.9. The van der Waals surface area contributed by atoms with Crippen LogP contribution in [0, 0.1) is 12.7 Å². The summed E-state index contributed by atoms with van der Waals surface area (Å²) in [6.07, 6.45) is 0.243. The van der Waals surface area contributed by atoms with Crippen LogP contribution in [0.4, 0.5) is 4.39 Å². The number of aryl methyl sites for hydroxylation is 1. The second-order valence-electron chi connectivity index (χ2n) is 6.42. The zero-order valence-electron chi connectivity index (χ0n) is 15.8. The van der Waals surface area contributed by atoms with Crippen LogP contribution in [-0.2, 0) is 22.6 Å². The largest absolute Gasteiger partial charge is 0.357 e. The maximum atomic E-state index is 14.1. The summed E-state index contributed by atoms with van der Waals surface area (Å²) in [6.45, 7) is 4.08. The molecule has 144 valence electrons. The van der Waals surface area contributed by atoms with Gasteiger partial charge >= 0.3 is 0 Å². The Bertz CT molecular complexity index is 788. The number of hydrogen-bond acceptors (Lipinski definition) is 2. The minimum atomic E-state index is -0.644. The summed E-state index contributed by atoms with van der Waals surface area (Å²) in [5.74, 6) is -1.13. The van der Waals surface area contributed by atoms with Crippen LogP contribution in [-0.4, -0.2) is 29.8 Å². The number of nitrogens with zero attached hydrogens (tertiary/aromatic N) is 1. The second-order valence-corrected chi connectivity index (χ2v) is 6.83. The SMILES string of the molecule is CCC(C(=O)NC)N(Cc1ccc(C)cc1)C(=O)Cc1c(F)cccc1Cl. The monoisotopic (exact) mass is 390 g/mol. The Balaban J connectivity index is 2.33. The molecule has 0 heterocycles. The third-order valence-electron chi connectivity index (χ3n) is 4.50. The van der Waals surface area contributed by atoms with Crippen molar-refractivity contribution >= 4 is 23.4 Å². The van der Waals surface area contributed by atoms with Gasteiger partial charge in [-0.2, -0.15) is 0 Å². The maximum Gasteiger partial charge on any atom is 0.242 e. The zero-order valence-corrected chi connectivity index (χ0v) is 16.5. The van der Waals surface area contributed by atoms with Crippen LogP contribution in [0.3, 0.4) is 0 Å². The van der Waals surface area contributed by atoms with Crippen molar-refractivity contribution in [2.24, 2.45) is 0 Å². The molecule has 2 aromatic carbocycles. The van der Waals surface area contributed by atoms with Crippen LogP contribution in [0.15, 0.2) is 42.5 Å². The molecule has 4 nitrogen and oxygen atoms in total. The average Bonchev–Trinajstić information content (AvgIpc) is 2.65. The molecule has 0 fully saturated rings. The Morgan fingerprint density at radius 3 is 2.41 bits per heavy atom. The van der Waals surface area contributed by atoms with E-state index in [-0.39, 0.29) is 35.4 Å². The number of nitrogens with one attached hydrogen (secondary N) is 1. The number of likely N-dealkylation sites (N-methyl/N-ethyl adjacent to an activating group) is 1. The number of rotatable bonds is 7. The Kier molecular flexibility index (Phi) is 7.36. The van der Waals surface area contributed by atoms with E-state index in [1.165, 1.54) is 24.1 Å². The van der Waals surface area contributed by atoms with E-state index in [9.17, 15) is 14.0 Å². The lowest BCUT2D eigenvalue weighted by Gasteiger charge is -2.30. The molecule has 2 rings (SSSR count). The van der Waals surface area contributed by atoms with Crippen molar-refractivity contribution in [3.63, 3.8) is 0 Å². The molecule has 6 heteroatoms. The topological polar surface area (TPSA) is 49.4 Å². The lowest BCUT2D eigenvalue weighted by atomic mass is 10.1. The Morgan fingerprint density at radius 1 is 1.19 bits per heavy atom. The molecule has 2 amide bonds.